The molecule has 164 valence electrons. The van der Waals surface area contributed by atoms with Crippen molar-refractivity contribution in [3.63, 3.8) is 0 Å². The monoisotopic (exact) mass is 425 g/mol. The van der Waals surface area contributed by atoms with Gasteiger partial charge in [0.15, 0.2) is 11.5 Å². The zero-order chi connectivity index (χ0) is 22.6. The minimum atomic E-state index is -1.38. The molecule has 0 aromatic heterocycles. The smallest absolute Gasteiger partial charge is 0.339 e. The molecule has 3 fully saturated rings. The number of hydrogen-bond donors (Lipinski definition) is 4. The van der Waals surface area contributed by atoms with Crippen LogP contribution in [-0.2, 0) is 9.59 Å². The van der Waals surface area contributed by atoms with Crippen molar-refractivity contribution in [2.75, 3.05) is 5.32 Å². The normalized spacial score (nSPS) is 31.4. The third-order valence-corrected chi connectivity index (χ3v) is 7.73. The van der Waals surface area contributed by atoms with E-state index in [0.717, 1.165) is 37.8 Å². The van der Waals surface area contributed by atoms with E-state index in [1.54, 1.807) is 6.08 Å². The molecule has 2 bridgehead atoms. The summed E-state index contributed by atoms with van der Waals surface area (Å²) in [7, 11) is 0. The standard InChI is InChI=1S/C24H27NO6/c1-13-12-24-9-5-14(13)11-17(24)23(2,18(27)6-10-24)8-7-19(28)25-20-16(26)4-3-15(21(20)29)22(30)31/h3-4,6,10,14,17,26,29H,1,5,7-9,11-12H2,2H3,(H,25,28)(H,30,31)/t14-,17-,23-,24+/m0/s1. The summed E-state index contributed by atoms with van der Waals surface area (Å²) in [4.78, 5) is 36.8. The van der Waals surface area contributed by atoms with E-state index in [-0.39, 0.29) is 29.2 Å². The Morgan fingerprint density at radius 2 is 2.03 bits per heavy atom. The van der Waals surface area contributed by atoms with Gasteiger partial charge in [0.25, 0.3) is 0 Å². The molecule has 4 aliphatic rings. The molecule has 5 rings (SSSR count). The molecule has 4 atom stereocenters. The molecule has 1 amide bonds. The molecule has 0 aliphatic heterocycles. The van der Waals surface area contributed by atoms with E-state index in [1.165, 1.54) is 5.57 Å². The number of carbonyl (C=O) groups is 3. The van der Waals surface area contributed by atoms with Gasteiger partial charge in [0.05, 0.1) is 0 Å². The lowest BCUT2D eigenvalue weighted by Crippen LogP contribution is -2.54. The van der Waals surface area contributed by atoms with Crippen molar-refractivity contribution in [1.82, 2.24) is 0 Å². The fourth-order valence-corrected chi connectivity index (χ4v) is 5.91. The van der Waals surface area contributed by atoms with Crippen molar-refractivity contribution in [1.29, 1.82) is 0 Å². The van der Waals surface area contributed by atoms with Crippen LogP contribution in [0.5, 0.6) is 11.5 Å². The van der Waals surface area contributed by atoms with Crippen molar-refractivity contribution < 1.29 is 29.7 Å². The predicted octanol–water partition coefficient (Wildman–Crippen LogP) is 4.02. The van der Waals surface area contributed by atoms with Gasteiger partial charge in [0, 0.05) is 11.8 Å². The Morgan fingerprint density at radius 1 is 1.29 bits per heavy atom. The molecule has 3 saturated carbocycles. The summed E-state index contributed by atoms with van der Waals surface area (Å²) in [5.74, 6) is -2.42. The summed E-state index contributed by atoms with van der Waals surface area (Å²) >= 11 is 0. The molecule has 0 radical (unpaired) electrons. The molecule has 4 N–H and O–H groups in total. The Kier molecular flexibility index (Phi) is 4.95. The van der Waals surface area contributed by atoms with Crippen LogP contribution in [0, 0.1) is 22.7 Å². The van der Waals surface area contributed by atoms with Gasteiger partial charge in [0.2, 0.25) is 5.91 Å². The van der Waals surface area contributed by atoms with E-state index >= 15 is 0 Å². The van der Waals surface area contributed by atoms with Crippen LogP contribution in [0.15, 0.2) is 36.4 Å². The summed E-state index contributed by atoms with van der Waals surface area (Å²) in [6.45, 7) is 6.17. The number of hydrogen-bond acceptors (Lipinski definition) is 5. The average molecular weight is 425 g/mol. The second kappa shape index (κ2) is 7.25. The first-order valence-electron chi connectivity index (χ1n) is 10.6. The number of allylic oxidation sites excluding steroid dienone is 3. The summed E-state index contributed by atoms with van der Waals surface area (Å²) in [5.41, 5.74) is -0.260. The number of anilines is 1. The Bertz CT molecular complexity index is 1030. The second-order valence-corrected chi connectivity index (χ2v) is 9.42. The number of fused-ring (bicyclic) bond motifs is 2. The quantitative estimate of drug-likeness (QED) is 0.417. The van der Waals surface area contributed by atoms with Gasteiger partial charge in [-0.3, -0.25) is 9.59 Å². The summed E-state index contributed by atoms with van der Waals surface area (Å²) in [6, 6.07) is 2.16. The minimum Gasteiger partial charge on any atom is -0.506 e. The zero-order valence-electron chi connectivity index (χ0n) is 17.5. The van der Waals surface area contributed by atoms with Crippen LogP contribution in [-0.4, -0.2) is 33.0 Å². The maximum atomic E-state index is 12.9. The van der Waals surface area contributed by atoms with Crippen molar-refractivity contribution in [3.8, 4) is 11.5 Å². The van der Waals surface area contributed by atoms with E-state index in [0.29, 0.717) is 12.3 Å². The van der Waals surface area contributed by atoms with Crippen molar-refractivity contribution in [3.05, 3.63) is 42.0 Å². The maximum Gasteiger partial charge on any atom is 0.339 e. The summed E-state index contributed by atoms with van der Waals surface area (Å²) in [5, 5.41) is 31.6. The molecule has 7 heteroatoms. The van der Waals surface area contributed by atoms with Gasteiger partial charge in [-0.25, -0.2) is 4.79 Å². The molecule has 1 aromatic carbocycles. The number of amides is 1. The SMILES string of the molecule is C=C1C[C@@]23C=CC(=O)[C@@](C)(CCC(=O)Nc4c(O)ccc(C(=O)O)c4O)[C@@H]2C[C@@H]1CC3. The number of carboxylic acids is 1. The number of phenolic OH excluding ortho intramolecular Hbond substituents is 1. The minimum absolute atomic E-state index is 0.00442. The molecule has 0 saturated heterocycles. The molecular weight excluding hydrogens is 398 g/mol. The highest BCUT2D eigenvalue weighted by Gasteiger charge is 2.58. The molecule has 0 unspecified atom stereocenters. The van der Waals surface area contributed by atoms with Gasteiger partial charge in [-0.15, -0.1) is 0 Å². The molecule has 4 aliphatic carbocycles. The average Bonchev–Trinajstić information content (AvgIpc) is 2.72. The molecular formula is C24H27NO6. The number of ketones is 1. The lowest BCUT2D eigenvalue weighted by atomic mass is 9.44. The number of carboxylic acid groups (broad SMARTS) is 1. The topological polar surface area (TPSA) is 124 Å². The number of aromatic carboxylic acids is 1. The number of aromatic hydroxyl groups is 2. The number of nitrogens with one attached hydrogen (secondary N) is 1. The van der Waals surface area contributed by atoms with Crippen LogP contribution in [0.25, 0.3) is 0 Å². The first-order chi connectivity index (χ1) is 14.6. The fourth-order valence-electron chi connectivity index (χ4n) is 5.91. The molecule has 1 aromatic rings. The lowest BCUT2D eigenvalue weighted by Gasteiger charge is -2.59. The van der Waals surface area contributed by atoms with Crippen LogP contribution >= 0.6 is 0 Å². The second-order valence-electron chi connectivity index (χ2n) is 9.42. The first kappa shape index (κ1) is 21.2. The van der Waals surface area contributed by atoms with Crippen LogP contribution in [0.3, 0.4) is 0 Å². The van der Waals surface area contributed by atoms with E-state index in [2.05, 4.69) is 18.0 Å². The van der Waals surface area contributed by atoms with Gasteiger partial charge < -0.3 is 20.6 Å². The Balaban J connectivity index is 1.52. The van der Waals surface area contributed by atoms with Crippen molar-refractivity contribution in [2.45, 2.75) is 45.4 Å². The van der Waals surface area contributed by atoms with E-state index in [4.69, 9.17) is 5.11 Å². The van der Waals surface area contributed by atoms with Crippen LogP contribution in [0.4, 0.5) is 5.69 Å². The zero-order valence-corrected chi connectivity index (χ0v) is 17.5. The van der Waals surface area contributed by atoms with Gasteiger partial charge in [-0.2, -0.15) is 0 Å². The van der Waals surface area contributed by atoms with E-state index in [1.807, 2.05) is 6.92 Å². The predicted molar refractivity (Wildman–Crippen MR) is 114 cm³/mol. The summed E-state index contributed by atoms with van der Waals surface area (Å²) < 4.78 is 0. The van der Waals surface area contributed by atoms with Crippen LogP contribution in [0.2, 0.25) is 0 Å². The fraction of sp³-hybridized carbons (Fsp3) is 0.458. The Labute approximate surface area is 180 Å². The molecule has 31 heavy (non-hydrogen) atoms. The van der Waals surface area contributed by atoms with Gasteiger partial charge in [-0.1, -0.05) is 25.2 Å². The Hall–Kier alpha value is -3.09. The van der Waals surface area contributed by atoms with E-state index < -0.39 is 34.4 Å². The van der Waals surface area contributed by atoms with Gasteiger partial charge >= 0.3 is 5.97 Å². The number of rotatable bonds is 5. The largest absolute Gasteiger partial charge is 0.506 e. The number of benzene rings is 1. The molecule has 7 nitrogen and oxygen atoms in total. The number of phenols is 2. The van der Waals surface area contributed by atoms with Gasteiger partial charge in [-0.05, 0) is 67.6 Å². The Morgan fingerprint density at radius 3 is 2.71 bits per heavy atom. The highest BCUT2D eigenvalue weighted by atomic mass is 16.4. The molecule has 1 spiro atoms. The summed E-state index contributed by atoms with van der Waals surface area (Å²) in [6.07, 6.45) is 7.96. The van der Waals surface area contributed by atoms with Crippen molar-refractivity contribution in [2.24, 2.45) is 22.7 Å². The third kappa shape index (κ3) is 3.32. The number of carbonyl (C=O) groups excluding carboxylic acids is 2. The first-order valence-corrected chi connectivity index (χ1v) is 10.6. The highest BCUT2D eigenvalue weighted by Crippen LogP contribution is 2.64. The third-order valence-electron chi connectivity index (χ3n) is 7.73. The van der Waals surface area contributed by atoms with E-state index in [9.17, 15) is 24.6 Å². The van der Waals surface area contributed by atoms with Crippen LogP contribution in [0.1, 0.15) is 55.8 Å². The maximum absolute atomic E-state index is 12.9. The molecule has 0 heterocycles. The van der Waals surface area contributed by atoms with Gasteiger partial charge in [0.1, 0.15) is 17.0 Å². The lowest BCUT2D eigenvalue weighted by molar-refractivity contribution is -0.136. The van der Waals surface area contributed by atoms with Crippen LogP contribution < -0.4 is 5.32 Å². The highest BCUT2D eigenvalue weighted by molar-refractivity contribution is 6.00. The van der Waals surface area contributed by atoms with Crippen molar-refractivity contribution >= 4 is 23.3 Å².